The van der Waals surface area contributed by atoms with Gasteiger partial charge in [0.1, 0.15) is 0 Å². The highest BCUT2D eigenvalue weighted by molar-refractivity contribution is 9.10. The molecule has 0 aliphatic heterocycles. The number of nitrogens with one attached hydrogen (secondary N) is 1. The second kappa shape index (κ2) is 7.20. The number of aromatic nitrogens is 5. The first-order valence-corrected chi connectivity index (χ1v) is 9.69. The Morgan fingerprint density at radius 3 is 2.68 bits per heavy atom. The molecule has 3 aromatic heterocycles. The van der Waals surface area contributed by atoms with E-state index in [1.807, 2.05) is 48.1 Å². The Balaban J connectivity index is 1.69. The molecule has 0 fully saturated rings. The Hall–Kier alpha value is -3.00. The van der Waals surface area contributed by atoms with E-state index in [0.29, 0.717) is 16.9 Å². The molecule has 4 aromatic rings. The van der Waals surface area contributed by atoms with Gasteiger partial charge in [-0.2, -0.15) is 10.2 Å². The van der Waals surface area contributed by atoms with Crippen molar-refractivity contribution >= 4 is 38.6 Å². The smallest absolute Gasteiger partial charge is 0.257 e. The summed E-state index contributed by atoms with van der Waals surface area (Å²) in [5.41, 5.74) is 3.41. The zero-order chi connectivity index (χ0) is 19.8. The van der Waals surface area contributed by atoms with E-state index >= 15 is 0 Å². The van der Waals surface area contributed by atoms with Crippen molar-refractivity contribution in [3.8, 4) is 5.69 Å². The summed E-state index contributed by atoms with van der Waals surface area (Å²) in [5, 5.41) is 12.5. The summed E-state index contributed by atoms with van der Waals surface area (Å²) in [6.45, 7) is 5.94. The molecular formula is C20H19BrN6O. The first kappa shape index (κ1) is 18.4. The molecule has 7 nitrogen and oxygen atoms in total. The van der Waals surface area contributed by atoms with Crippen LogP contribution in [0.1, 0.15) is 35.9 Å². The lowest BCUT2D eigenvalue weighted by atomic mass is 10.1. The van der Waals surface area contributed by atoms with Gasteiger partial charge in [-0.3, -0.25) is 4.79 Å². The van der Waals surface area contributed by atoms with Gasteiger partial charge in [-0.05, 0) is 54.9 Å². The van der Waals surface area contributed by atoms with Gasteiger partial charge in [-0.1, -0.05) is 12.1 Å². The molecule has 0 aliphatic rings. The van der Waals surface area contributed by atoms with E-state index in [2.05, 4.69) is 50.3 Å². The van der Waals surface area contributed by atoms with E-state index < -0.39 is 0 Å². The molecular weight excluding hydrogens is 420 g/mol. The lowest BCUT2D eigenvalue weighted by Crippen LogP contribution is -2.16. The molecule has 142 valence electrons. The number of benzene rings is 1. The highest BCUT2D eigenvalue weighted by atomic mass is 79.9. The molecule has 8 heteroatoms. The number of carbonyl (C=O) groups excluding carboxylic acids is 1. The summed E-state index contributed by atoms with van der Waals surface area (Å²) < 4.78 is 4.43. The van der Waals surface area contributed by atoms with Crippen LogP contribution in [0.2, 0.25) is 0 Å². The standard InChI is InChI=1S/C20H19BrN6O/c1-12(2)27-19-14(9-23-27)8-16(13(3)24-19)20(28)25-17-6-4-5-7-18(17)26-11-15(21)10-22-26/h4-12H,1-3H3,(H,25,28). The maximum Gasteiger partial charge on any atom is 0.257 e. The Morgan fingerprint density at radius 1 is 1.18 bits per heavy atom. The van der Waals surface area contributed by atoms with Gasteiger partial charge in [0.25, 0.3) is 5.91 Å². The molecule has 4 rings (SSSR count). The van der Waals surface area contributed by atoms with Gasteiger partial charge in [0.15, 0.2) is 5.65 Å². The lowest BCUT2D eigenvalue weighted by molar-refractivity contribution is 0.102. The molecule has 0 spiro atoms. The van der Waals surface area contributed by atoms with Crippen LogP contribution in [0.15, 0.2) is 53.4 Å². The van der Waals surface area contributed by atoms with Crippen molar-refractivity contribution < 1.29 is 4.79 Å². The van der Waals surface area contributed by atoms with Crippen LogP contribution >= 0.6 is 15.9 Å². The number of aryl methyl sites for hydroxylation is 1. The minimum atomic E-state index is -0.220. The number of hydrogen-bond acceptors (Lipinski definition) is 4. The maximum absolute atomic E-state index is 13.0. The summed E-state index contributed by atoms with van der Waals surface area (Å²) >= 11 is 3.40. The fraction of sp³-hybridized carbons (Fsp3) is 0.200. The molecule has 0 aliphatic carbocycles. The number of hydrogen-bond donors (Lipinski definition) is 1. The first-order chi connectivity index (χ1) is 13.4. The monoisotopic (exact) mass is 438 g/mol. The van der Waals surface area contributed by atoms with Crippen molar-refractivity contribution in [2.75, 3.05) is 5.32 Å². The number of para-hydroxylation sites is 2. The number of rotatable bonds is 4. The molecule has 1 aromatic carbocycles. The van der Waals surface area contributed by atoms with Crippen molar-refractivity contribution in [2.24, 2.45) is 0 Å². The van der Waals surface area contributed by atoms with Crippen molar-refractivity contribution in [2.45, 2.75) is 26.8 Å². The number of carbonyl (C=O) groups is 1. The van der Waals surface area contributed by atoms with Crippen LogP contribution in [0.5, 0.6) is 0 Å². The lowest BCUT2D eigenvalue weighted by Gasteiger charge is -2.12. The molecule has 0 saturated heterocycles. The molecule has 1 N–H and O–H groups in total. The summed E-state index contributed by atoms with van der Waals surface area (Å²) in [6.07, 6.45) is 5.28. The topological polar surface area (TPSA) is 77.6 Å². The number of fused-ring (bicyclic) bond motifs is 1. The molecule has 0 unspecified atom stereocenters. The van der Waals surface area contributed by atoms with Gasteiger partial charge in [0.05, 0.1) is 39.5 Å². The molecule has 0 bridgehead atoms. The third kappa shape index (κ3) is 3.31. The Morgan fingerprint density at radius 2 is 1.96 bits per heavy atom. The predicted molar refractivity (Wildman–Crippen MR) is 112 cm³/mol. The largest absolute Gasteiger partial charge is 0.320 e. The van der Waals surface area contributed by atoms with Crippen LogP contribution in [0.25, 0.3) is 16.7 Å². The SMILES string of the molecule is Cc1nc2c(cnn2C(C)C)cc1C(=O)Nc1ccccc1-n1cc(Br)cn1. The van der Waals surface area contributed by atoms with Gasteiger partial charge in [-0.25, -0.2) is 14.3 Å². The number of pyridine rings is 1. The number of halogens is 1. The third-order valence-corrected chi connectivity index (χ3v) is 4.85. The Labute approximate surface area is 170 Å². The van der Waals surface area contributed by atoms with E-state index in [1.165, 1.54) is 0 Å². The minimum absolute atomic E-state index is 0.198. The Kier molecular flexibility index (Phi) is 4.72. The zero-order valence-electron chi connectivity index (χ0n) is 15.7. The van der Waals surface area contributed by atoms with Crippen molar-refractivity contribution in [3.05, 3.63) is 64.7 Å². The van der Waals surface area contributed by atoms with Crippen molar-refractivity contribution in [3.63, 3.8) is 0 Å². The zero-order valence-corrected chi connectivity index (χ0v) is 17.3. The van der Waals surface area contributed by atoms with Crippen LogP contribution in [-0.2, 0) is 0 Å². The second-order valence-corrected chi connectivity index (χ2v) is 7.71. The van der Waals surface area contributed by atoms with E-state index in [1.54, 1.807) is 17.1 Å². The third-order valence-electron chi connectivity index (χ3n) is 4.44. The number of anilines is 1. The van der Waals surface area contributed by atoms with Crippen LogP contribution in [0.4, 0.5) is 5.69 Å². The molecule has 0 atom stereocenters. The van der Waals surface area contributed by atoms with Crippen LogP contribution < -0.4 is 5.32 Å². The molecule has 28 heavy (non-hydrogen) atoms. The average Bonchev–Trinajstić information content (AvgIpc) is 3.27. The van der Waals surface area contributed by atoms with Gasteiger partial charge in [0, 0.05) is 17.6 Å². The normalized spacial score (nSPS) is 11.3. The minimum Gasteiger partial charge on any atom is -0.320 e. The number of amides is 1. The predicted octanol–water partition coefficient (Wildman–Crippen LogP) is 4.52. The van der Waals surface area contributed by atoms with Crippen LogP contribution in [0, 0.1) is 6.92 Å². The van der Waals surface area contributed by atoms with E-state index in [9.17, 15) is 4.79 Å². The summed E-state index contributed by atoms with van der Waals surface area (Å²) in [7, 11) is 0. The number of nitrogens with zero attached hydrogens (tertiary/aromatic N) is 5. The van der Waals surface area contributed by atoms with E-state index in [4.69, 9.17) is 0 Å². The quantitative estimate of drug-likeness (QED) is 0.507. The second-order valence-electron chi connectivity index (χ2n) is 6.79. The van der Waals surface area contributed by atoms with Gasteiger partial charge >= 0.3 is 0 Å². The first-order valence-electron chi connectivity index (χ1n) is 8.90. The highest BCUT2D eigenvalue weighted by Gasteiger charge is 2.17. The van der Waals surface area contributed by atoms with Gasteiger partial charge in [0.2, 0.25) is 0 Å². The fourth-order valence-corrected chi connectivity index (χ4v) is 3.36. The highest BCUT2D eigenvalue weighted by Crippen LogP contribution is 2.24. The molecule has 3 heterocycles. The van der Waals surface area contributed by atoms with Crippen LogP contribution in [-0.4, -0.2) is 30.5 Å². The summed E-state index contributed by atoms with van der Waals surface area (Å²) in [5.74, 6) is -0.220. The van der Waals surface area contributed by atoms with Gasteiger partial charge < -0.3 is 5.32 Å². The van der Waals surface area contributed by atoms with Crippen molar-refractivity contribution in [1.29, 1.82) is 0 Å². The molecule has 0 saturated carbocycles. The molecule has 1 amide bonds. The Bertz CT molecular complexity index is 1180. The average molecular weight is 439 g/mol. The van der Waals surface area contributed by atoms with Crippen LogP contribution in [0.3, 0.4) is 0 Å². The van der Waals surface area contributed by atoms with E-state index in [-0.39, 0.29) is 11.9 Å². The maximum atomic E-state index is 13.0. The molecule has 0 radical (unpaired) electrons. The van der Waals surface area contributed by atoms with Crippen molar-refractivity contribution in [1.82, 2.24) is 24.5 Å². The van der Waals surface area contributed by atoms with E-state index in [0.717, 1.165) is 21.2 Å². The van der Waals surface area contributed by atoms with Gasteiger partial charge in [-0.15, -0.1) is 0 Å². The summed E-state index contributed by atoms with van der Waals surface area (Å²) in [4.78, 5) is 17.6. The summed E-state index contributed by atoms with van der Waals surface area (Å²) in [6, 6.07) is 9.56. The fourth-order valence-electron chi connectivity index (χ4n) is 3.07.